The van der Waals surface area contributed by atoms with Crippen molar-refractivity contribution >= 4 is 17.8 Å². The minimum atomic E-state index is -0.917. The van der Waals surface area contributed by atoms with Crippen LogP contribution in [-0.2, 0) is 14.3 Å². The van der Waals surface area contributed by atoms with Gasteiger partial charge in [-0.1, -0.05) is 25.4 Å². The topological polar surface area (TPSA) is 87.9 Å². The van der Waals surface area contributed by atoms with Gasteiger partial charge in [0, 0.05) is 5.41 Å². The minimum Gasteiger partial charge on any atom is -0.434 e. The highest BCUT2D eigenvalue weighted by molar-refractivity contribution is 6.17. The largest absolute Gasteiger partial charge is 0.509 e. The Bertz CT molecular complexity index is 232. The van der Waals surface area contributed by atoms with Gasteiger partial charge in [0.2, 0.25) is 0 Å². The number of rotatable bonds is 6. The van der Waals surface area contributed by atoms with Crippen molar-refractivity contribution in [3.63, 3.8) is 0 Å². The molecule has 0 radical (unpaired) electrons. The number of hydrogen-bond acceptors (Lipinski definition) is 6. The lowest BCUT2D eigenvalue weighted by Gasteiger charge is -2.21. The molecule has 7 nitrogen and oxygen atoms in total. The molecule has 0 rings (SSSR count). The van der Waals surface area contributed by atoms with Crippen molar-refractivity contribution in [3.8, 4) is 0 Å². The van der Waals surface area contributed by atoms with Crippen molar-refractivity contribution in [1.29, 1.82) is 0 Å². The fourth-order valence-corrected chi connectivity index (χ4v) is 0.699. The maximum absolute atomic E-state index is 10.7. The zero-order valence-corrected chi connectivity index (χ0v) is 9.15. The van der Waals surface area contributed by atoms with Crippen LogP contribution in [0.15, 0.2) is 0 Å². The summed E-state index contributed by atoms with van der Waals surface area (Å²) in [7, 11) is 0. The van der Waals surface area contributed by atoms with Crippen LogP contribution in [0.1, 0.15) is 13.8 Å². The predicted octanol–water partition coefficient (Wildman–Crippen LogP) is 1.57. The third-order valence-corrected chi connectivity index (χ3v) is 1.42. The highest BCUT2D eigenvalue weighted by Crippen LogP contribution is 2.16. The Kier molecular flexibility index (Phi) is 5.76. The average Bonchev–Trinajstić information content (AvgIpc) is 2.13. The van der Waals surface area contributed by atoms with Crippen LogP contribution in [0.5, 0.6) is 0 Å². The molecule has 0 spiro atoms. The van der Waals surface area contributed by atoms with Crippen LogP contribution in [0.25, 0.3) is 0 Å². The minimum absolute atomic E-state index is 0.0590. The normalized spacial score (nSPS) is 10.6. The van der Waals surface area contributed by atoms with Crippen LogP contribution in [0.4, 0.5) is 4.79 Å². The van der Waals surface area contributed by atoms with Gasteiger partial charge in [-0.15, -0.1) is 10.1 Å². The van der Waals surface area contributed by atoms with Crippen molar-refractivity contribution < 1.29 is 24.2 Å². The first kappa shape index (κ1) is 13.8. The van der Waals surface area contributed by atoms with Crippen molar-refractivity contribution in [2.45, 2.75) is 13.8 Å². The summed E-state index contributed by atoms with van der Waals surface area (Å²) in [5, 5.41) is 9.02. The maximum Gasteiger partial charge on any atom is 0.509 e. The molecule has 0 atom stereocenters. The van der Waals surface area contributed by atoms with E-state index in [-0.39, 0.29) is 19.3 Å². The monoisotopic (exact) mass is 241 g/mol. The van der Waals surface area contributed by atoms with Crippen molar-refractivity contribution in [1.82, 2.24) is 0 Å². The van der Waals surface area contributed by atoms with Crippen LogP contribution in [0.2, 0.25) is 0 Å². The SMILES string of the molecule is CC(C)(COC(=O)OCCl)CO[N+](=O)[O-]. The molecule has 0 unspecified atom stereocenters. The molecule has 0 saturated carbocycles. The predicted molar refractivity (Wildman–Crippen MR) is 49.9 cm³/mol. The number of carbonyl (C=O) groups excluding carboxylic acids is 1. The van der Waals surface area contributed by atoms with E-state index in [1.807, 2.05) is 0 Å². The molecule has 8 heteroatoms. The summed E-state index contributed by atoms with van der Waals surface area (Å²) < 4.78 is 8.92. The number of halogens is 1. The lowest BCUT2D eigenvalue weighted by atomic mass is 9.97. The maximum atomic E-state index is 10.7. The number of ether oxygens (including phenoxy) is 2. The van der Waals surface area contributed by atoms with Gasteiger partial charge in [0.1, 0.15) is 13.2 Å². The summed E-state index contributed by atoms with van der Waals surface area (Å²) in [6.45, 7) is 3.06. The van der Waals surface area contributed by atoms with Gasteiger partial charge in [0.25, 0.3) is 5.09 Å². The van der Waals surface area contributed by atoms with Gasteiger partial charge in [-0.2, -0.15) is 0 Å². The Balaban J connectivity index is 3.82. The van der Waals surface area contributed by atoms with Gasteiger partial charge in [-0.25, -0.2) is 4.79 Å². The third kappa shape index (κ3) is 7.80. The molecule has 0 bridgehead atoms. The second kappa shape index (κ2) is 6.28. The lowest BCUT2D eigenvalue weighted by molar-refractivity contribution is -0.760. The van der Waals surface area contributed by atoms with E-state index in [2.05, 4.69) is 14.3 Å². The summed E-state index contributed by atoms with van der Waals surface area (Å²) in [6.07, 6.45) is -0.917. The molecular formula is C7H12ClNO6. The van der Waals surface area contributed by atoms with Crippen molar-refractivity contribution in [2.24, 2.45) is 5.41 Å². The Hall–Kier alpha value is -1.24. The molecule has 0 aromatic heterocycles. The van der Waals surface area contributed by atoms with Crippen LogP contribution in [0, 0.1) is 15.5 Å². The molecule has 0 aliphatic carbocycles. The number of carbonyl (C=O) groups is 1. The van der Waals surface area contributed by atoms with Gasteiger partial charge in [0.05, 0.1) is 0 Å². The molecule has 0 N–H and O–H groups in total. The van der Waals surface area contributed by atoms with E-state index in [1.54, 1.807) is 13.8 Å². The van der Waals surface area contributed by atoms with Gasteiger partial charge in [-0.3, -0.25) is 0 Å². The fourth-order valence-electron chi connectivity index (χ4n) is 0.610. The standard InChI is InChI=1S/C7H12ClNO6/c1-7(2,4-15-9(11)12)3-13-6(10)14-5-8/h3-5H2,1-2H3. The van der Waals surface area contributed by atoms with E-state index in [0.717, 1.165) is 0 Å². The number of nitrogens with zero attached hydrogens (tertiary/aromatic N) is 1. The summed E-state index contributed by atoms with van der Waals surface area (Å²) in [5.41, 5.74) is -0.668. The van der Waals surface area contributed by atoms with Gasteiger partial charge < -0.3 is 14.3 Å². The Morgan fingerprint density at radius 2 is 2.00 bits per heavy atom. The smallest absolute Gasteiger partial charge is 0.434 e. The first-order valence-electron chi connectivity index (χ1n) is 4.00. The average molecular weight is 242 g/mol. The molecule has 0 aromatic carbocycles. The third-order valence-electron chi connectivity index (χ3n) is 1.31. The Labute approximate surface area is 91.3 Å². The summed E-state index contributed by atoms with van der Waals surface area (Å²) in [4.78, 5) is 24.8. The summed E-state index contributed by atoms with van der Waals surface area (Å²) >= 11 is 5.11. The van der Waals surface area contributed by atoms with E-state index in [4.69, 9.17) is 11.6 Å². The molecule has 15 heavy (non-hydrogen) atoms. The van der Waals surface area contributed by atoms with E-state index in [9.17, 15) is 14.9 Å². The van der Waals surface area contributed by atoms with Gasteiger partial charge >= 0.3 is 6.16 Å². The first-order chi connectivity index (χ1) is 6.87. The number of hydrogen-bond donors (Lipinski definition) is 0. The van der Waals surface area contributed by atoms with Crippen LogP contribution in [0.3, 0.4) is 0 Å². The van der Waals surface area contributed by atoms with Crippen LogP contribution >= 0.6 is 11.6 Å². The molecule has 0 amide bonds. The summed E-state index contributed by atoms with van der Waals surface area (Å²) in [6, 6.07) is -0.301. The van der Waals surface area contributed by atoms with Crippen molar-refractivity contribution in [3.05, 3.63) is 10.1 Å². The Morgan fingerprint density at radius 3 is 2.47 bits per heavy atom. The van der Waals surface area contributed by atoms with Gasteiger partial charge in [-0.05, 0) is 0 Å². The van der Waals surface area contributed by atoms with E-state index < -0.39 is 16.7 Å². The highest BCUT2D eigenvalue weighted by Gasteiger charge is 2.22. The Morgan fingerprint density at radius 1 is 1.40 bits per heavy atom. The molecule has 88 valence electrons. The molecule has 0 aromatic rings. The zero-order valence-electron chi connectivity index (χ0n) is 8.40. The second-order valence-corrected chi connectivity index (χ2v) is 3.67. The molecule has 0 heterocycles. The van der Waals surface area contributed by atoms with E-state index >= 15 is 0 Å². The fraction of sp³-hybridized carbons (Fsp3) is 0.857. The van der Waals surface area contributed by atoms with E-state index in [1.165, 1.54) is 0 Å². The van der Waals surface area contributed by atoms with Crippen LogP contribution < -0.4 is 0 Å². The van der Waals surface area contributed by atoms with Crippen molar-refractivity contribution in [2.75, 3.05) is 19.3 Å². The number of alkyl halides is 1. The van der Waals surface area contributed by atoms with E-state index in [0.29, 0.717) is 0 Å². The molecule has 0 saturated heterocycles. The first-order valence-corrected chi connectivity index (χ1v) is 4.54. The lowest BCUT2D eigenvalue weighted by Crippen LogP contribution is -2.28. The zero-order chi connectivity index (χ0) is 11.9. The van der Waals surface area contributed by atoms with Crippen LogP contribution in [-0.4, -0.2) is 30.5 Å². The molecular weight excluding hydrogens is 230 g/mol. The summed E-state index contributed by atoms with van der Waals surface area (Å²) in [5.74, 6) is 0. The highest BCUT2D eigenvalue weighted by atomic mass is 35.5. The molecule has 0 aliphatic rings. The molecule has 0 aliphatic heterocycles. The quantitative estimate of drug-likeness (QED) is 0.304. The molecule has 0 fully saturated rings. The second-order valence-electron chi connectivity index (χ2n) is 3.45. The van der Waals surface area contributed by atoms with Gasteiger partial charge in [0.15, 0.2) is 6.07 Å².